The molecule has 33 heavy (non-hydrogen) atoms. The van der Waals surface area contributed by atoms with Crippen LogP contribution in [0.3, 0.4) is 0 Å². The molecule has 0 unspecified atom stereocenters. The van der Waals surface area contributed by atoms with Crippen molar-refractivity contribution in [3.63, 3.8) is 0 Å². The Hall–Kier alpha value is -2.11. The van der Waals surface area contributed by atoms with Crippen LogP contribution < -0.4 is 4.74 Å². The Morgan fingerprint density at radius 2 is 1.30 bits per heavy atom. The van der Waals surface area contributed by atoms with Gasteiger partial charge in [0.15, 0.2) is 0 Å². The zero-order valence-electron chi connectivity index (χ0n) is 19.2. The third-order valence-electron chi connectivity index (χ3n) is 7.72. The van der Waals surface area contributed by atoms with Gasteiger partial charge in [-0.2, -0.15) is 8.78 Å². The summed E-state index contributed by atoms with van der Waals surface area (Å²) in [5, 5.41) is 0. The number of hydrogen-bond acceptors (Lipinski definition) is 1. The number of hydrogen-bond donors (Lipinski definition) is 0. The third-order valence-corrected chi connectivity index (χ3v) is 7.72. The first-order valence-corrected chi connectivity index (χ1v) is 12.0. The second-order valence-corrected chi connectivity index (χ2v) is 10.0. The zero-order valence-corrected chi connectivity index (χ0v) is 19.2. The molecule has 0 radical (unpaired) electrons. The summed E-state index contributed by atoms with van der Waals surface area (Å²) in [6.07, 6.45) is 4.42. The lowest BCUT2D eigenvalue weighted by Crippen LogP contribution is -2.26. The van der Waals surface area contributed by atoms with Crippen LogP contribution in [-0.2, 0) is 6.11 Å². The van der Waals surface area contributed by atoms with Gasteiger partial charge in [-0.25, -0.2) is 13.2 Å². The van der Waals surface area contributed by atoms with Crippen molar-refractivity contribution in [3.05, 3.63) is 64.5 Å². The molecule has 0 bridgehead atoms. The fourth-order valence-electron chi connectivity index (χ4n) is 5.62. The van der Waals surface area contributed by atoms with E-state index in [1.54, 1.807) is 0 Å². The molecule has 2 aromatic rings. The molecule has 2 fully saturated rings. The van der Waals surface area contributed by atoms with E-state index in [0.29, 0.717) is 11.5 Å². The van der Waals surface area contributed by atoms with Crippen molar-refractivity contribution < 1.29 is 26.7 Å². The Labute approximate surface area is 192 Å². The topological polar surface area (TPSA) is 9.23 Å². The van der Waals surface area contributed by atoms with Gasteiger partial charge < -0.3 is 4.74 Å². The number of alkyl halides is 2. The SMILES string of the molecule is Cc1ccc(OC(F)(F)c2c(F)cc(C3CCC(C4CCC(C)CC4)CC3)cc2F)cc1F. The minimum atomic E-state index is -4.27. The first kappa shape index (κ1) is 24.0. The van der Waals surface area contributed by atoms with Crippen molar-refractivity contribution in [2.45, 2.75) is 77.2 Å². The van der Waals surface area contributed by atoms with Gasteiger partial charge in [0.25, 0.3) is 0 Å². The van der Waals surface area contributed by atoms with Gasteiger partial charge in [0, 0.05) is 6.07 Å². The highest BCUT2D eigenvalue weighted by molar-refractivity contribution is 5.33. The van der Waals surface area contributed by atoms with Crippen molar-refractivity contribution >= 4 is 0 Å². The van der Waals surface area contributed by atoms with Crippen molar-refractivity contribution in [2.75, 3.05) is 0 Å². The standard InChI is InChI=1S/C27H31F5O/c1-16-3-6-18(7-4-16)19-8-10-20(11-9-19)21-13-24(29)26(25(30)14-21)27(31,32)33-22-12-5-17(2)23(28)15-22/h5,12-16,18-20H,3-4,6-11H2,1-2H3. The zero-order chi connectivity index (χ0) is 23.8. The monoisotopic (exact) mass is 466 g/mol. The van der Waals surface area contributed by atoms with E-state index in [1.165, 1.54) is 38.7 Å². The van der Waals surface area contributed by atoms with E-state index in [4.69, 9.17) is 0 Å². The van der Waals surface area contributed by atoms with E-state index in [-0.39, 0.29) is 11.5 Å². The van der Waals surface area contributed by atoms with E-state index in [9.17, 15) is 22.0 Å². The summed E-state index contributed by atoms with van der Waals surface area (Å²) in [4.78, 5) is 0. The number of benzene rings is 2. The summed E-state index contributed by atoms with van der Waals surface area (Å²) in [6.45, 7) is 3.77. The predicted molar refractivity (Wildman–Crippen MR) is 118 cm³/mol. The van der Waals surface area contributed by atoms with Gasteiger partial charge in [-0.15, -0.1) is 0 Å². The third kappa shape index (κ3) is 5.36. The highest BCUT2D eigenvalue weighted by Gasteiger charge is 2.42. The lowest BCUT2D eigenvalue weighted by molar-refractivity contribution is -0.189. The average Bonchev–Trinajstić information content (AvgIpc) is 2.76. The summed E-state index contributed by atoms with van der Waals surface area (Å²) in [7, 11) is 0. The summed E-state index contributed by atoms with van der Waals surface area (Å²) in [5.74, 6) is -1.77. The molecule has 0 saturated heterocycles. The fraction of sp³-hybridized carbons (Fsp3) is 0.556. The number of halogens is 5. The van der Waals surface area contributed by atoms with Gasteiger partial charge in [-0.05, 0) is 98.4 Å². The van der Waals surface area contributed by atoms with Crippen LogP contribution in [0.2, 0.25) is 0 Å². The predicted octanol–water partition coefficient (Wildman–Crippen LogP) is 8.64. The Bertz CT molecular complexity index is 949. The maximum Gasteiger partial charge on any atom is 0.432 e. The summed E-state index contributed by atoms with van der Waals surface area (Å²) < 4.78 is 76.9. The van der Waals surface area contributed by atoms with Gasteiger partial charge in [0.1, 0.15) is 28.8 Å². The lowest BCUT2D eigenvalue weighted by atomic mass is 9.68. The van der Waals surface area contributed by atoms with Crippen LogP contribution in [0.1, 0.15) is 80.9 Å². The van der Waals surface area contributed by atoms with E-state index in [1.807, 2.05) is 0 Å². The van der Waals surface area contributed by atoms with Gasteiger partial charge in [-0.3, -0.25) is 0 Å². The molecule has 4 rings (SSSR count). The van der Waals surface area contributed by atoms with Crippen LogP contribution >= 0.6 is 0 Å². The second-order valence-electron chi connectivity index (χ2n) is 10.0. The Kier molecular flexibility index (Phi) is 7.01. The fourth-order valence-corrected chi connectivity index (χ4v) is 5.62. The van der Waals surface area contributed by atoms with Gasteiger partial charge in [0.2, 0.25) is 0 Å². The first-order chi connectivity index (χ1) is 15.6. The van der Waals surface area contributed by atoms with Crippen LogP contribution in [0, 0.1) is 42.1 Å². The molecule has 2 aliphatic carbocycles. The molecule has 0 heterocycles. The highest BCUT2D eigenvalue weighted by Crippen LogP contribution is 2.45. The molecule has 180 valence electrons. The average molecular weight is 467 g/mol. The van der Waals surface area contributed by atoms with Crippen LogP contribution in [0.15, 0.2) is 30.3 Å². The molecule has 1 nitrogen and oxygen atoms in total. The molecule has 2 aromatic carbocycles. The minimum absolute atomic E-state index is 0.0393. The van der Waals surface area contributed by atoms with E-state index >= 15 is 0 Å². The van der Waals surface area contributed by atoms with E-state index in [2.05, 4.69) is 11.7 Å². The molecule has 2 saturated carbocycles. The van der Waals surface area contributed by atoms with Crippen molar-refractivity contribution in [1.29, 1.82) is 0 Å². The van der Waals surface area contributed by atoms with E-state index in [0.717, 1.165) is 61.8 Å². The summed E-state index contributed by atoms with van der Waals surface area (Å²) in [6, 6.07) is 5.21. The molecule has 2 aliphatic rings. The number of rotatable bonds is 5. The molecule has 0 aliphatic heterocycles. The number of aryl methyl sites for hydroxylation is 1. The molecular weight excluding hydrogens is 435 g/mol. The Balaban J connectivity index is 1.45. The van der Waals surface area contributed by atoms with Crippen LogP contribution in [0.5, 0.6) is 5.75 Å². The highest BCUT2D eigenvalue weighted by atomic mass is 19.3. The largest absolute Gasteiger partial charge is 0.432 e. The van der Waals surface area contributed by atoms with Crippen LogP contribution in [0.4, 0.5) is 22.0 Å². The smallest absolute Gasteiger partial charge is 0.429 e. The van der Waals surface area contributed by atoms with Gasteiger partial charge in [-0.1, -0.05) is 25.8 Å². The maximum absolute atomic E-state index is 14.7. The van der Waals surface area contributed by atoms with E-state index < -0.39 is 34.9 Å². The van der Waals surface area contributed by atoms with Crippen molar-refractivity contribution in [2.24, 2.45) is 17.8 Å². The minimum Gasteiger partial charge on any atom is -0.429 e. The molecule has 0 amide bonds. The summed E-state index contributed by atoms with van der Waals surface area (Å²) in [5.41, 5.74) is -0.779. The normalized spacial score (nSPS) is 26.3. The summed E-state index contributed by atoms with van der Waals surface area (Å²) >= 11 is 0. The quantitative estimate of drug-likeness (QED) is 0.401. The van der Waals surface area contributed by atoms with Crippen LogP contribution in [0.25, 0.3) is 0 Å². The molecular formula is C27H31F5O. The molecule has 0 atom stereocenters. The van der Waals surface area contributed by atoms with Gasteiger partial charge in [0.05, 0.1) is 0 Å². The number of ether oxygens (including phenoxy) is 1. The molecule has 0 spiro atoms. The van der Waals surface area contributed by atoms with Gasteiger partial charge >= 0.3 is 6.11 Å². The Morgan fingerprint density at radius 3 is 1.85 bits per heavy atom. The first-order valence-electron chi connectivity index (χ1n) is 12.0. The Morgan fingerprint density at radius 1 is 0.758 bits per heavy atom. The molecule has 0 N–H and O–H groups in total. The second kappa shape index (κ2) is 9.63. The molecule has 0 aromatic heterocycles. The van der Waals surface area contributed by atoms with Crippen molar-refractivity contribution in [1.82, 2.24) is 0 Å². The maximum atomic E-state index is 14.7. The van der Waals surface area contributed by atoms with Crippen molar-refractivity contribution in [3.8, 4) is 5.75 Å². The van der Waals surface area contributed by atoms with Crippen LogP contribution in [-0.4, -0.2) is 0 Å². The lowest BCUT2D eigenvalue weighted by Gasteiger charge is -2.37. The molecule has 6 heteroatoms.